The fourth-order valence-electron chi connectivity index (χ4n) is 4.54. The molecule has 10 heteroatoms. The summed E-state index contributed by atoms with van der Waals surface area (Å²) in [7, 11) is 1.48. The third-order valence-corrected chi connectivity index (χ3v) is 5.83. The van der Waals surface area contributed by atoms with E-state index in [1.807, 2.05) is 39.5 Å². The second-order valence-corrected chi connectivity index (χ2v) is 11.6. The Balaban J connectivity index is 3.47. The van der Waals surface area contributed by atoms with E-state index in [-0.39, 0.29) is 11.8 Å². The standard InChI is InChI=1S/C28H50N2O8/c1-11-21(22(18-34-10)29-19(3)31)24(26(33)38-28(7,8)9)30-16-20(17-36-14-13-35-12-2)15-23(30)25(32)37-27(4,5)6/h18,20-21,23-24H,11-17H2,1-10H3,(H,29,31)/t20?,21-,23?,24+/m0/s1. The normalized spacial score (nSPS) is 20.5. The molecule has 1 fully saturated rings. The summed E-state index contributed by atoms with van der Waals surface area (Å²) < 4.78 is 28.1. The number of likely N-dealkylation sites (tertiary alicyclic amines) is 1. The summed E-state index contributed by atoms with van der Waals surface area (Å²) in [6, 6.07) is -1.57. The van der Waals surface area contributed by atoms with E-state index in [0.717, 1.165) is 0 Å². The predicted octanol–water partition coefficient (Wildman–Crippen LogP) is 3.43. The number of rotatable bonds is 14. The van der Waals surface area contributed by atoms with E-state index < -0.39 is 41.1 Å². The first kappa shape index (κ1) is 33.9. The van der Waals surface area contributed by atoms with Gasteiger partial charge in [-0.05, 0) is 67.2 Å². The lowest BCUT2D eigenvalue weighted by atomic mass is 9.91. The van der Waals surface area contributed by atoms with Crippen molar-refractivity contribution in [2.45, 2.75) is 98.4 Å². The molecule has 0 aromatic rings. The Kier molecular flexibility index (Phi) is 13.7. The highest BCUT2D eigenvalue weighted by molar-refractivity contribution is 5.82. The van der Waals surface area contributed by atoms with Gasteiger partial charge in [0.25, 0.3) is 0 Å². The van der Waals surface area contributed by atoms with E-state index in [1.54, 1.807) is 20.8 Å². The van der Waals surface area contributed by atoms with Gasteiger partial charge in [0.05, 0.1) is 32.6 Å². The molecule has 0 radical (unpaired) electrons. The molecule has 1 aliphatic heterocycles. The van der Waals surface area contributed by atoms with Crippen molar-refractivity contribution < 1.29 is 38.1 Å². The van der Waals surface area contributed by atoms with Gasteiger partial charge in [0.1, 0.15) is 29.5 Å². The Bertz CT molecular complexity index is 800. The smallest absolute Gasteiger partial charge is 0.324 e. The van der Waals surface area contributed by atoms with E-state index in [0.29, 0.717) is 51.5 Å². The summed E-state index contributed by atoms with van der Waals surface area (Å²) in [5.74, 6) is -1.72. The van der Waals surface area contributed by atoms with Crippen LogP contribution in [-0.4, -0.2) is 86.1 Å². The van der Waals surface area contributed by atoms with Crippen LogP contribution in [0.25, 0.3) is 0 Å². The first-order valence-electron chi connectivity index (χ1n) is 13.5. The number of ether oxygens (including phenoxy) is 5. The highest BCUT2D eigenvalue weighted by atomic mass is 16.6. The number of nitrogens with one attached hydrogen (secondary N) is 1. The molecule has 1 saturated heterocycles. The van der Waals surface area contributed by atoms with Gasteiger partial charge >= 0.3 is 11.9 Å². The van der Waals surface area contributed by atoms with Crippen LogP contribution in [0.4, 0.5) is 0 Å². The second kappa shape index (κ2) is 15.4. The van der Waals surface area contributed by atoms with Gasteiger partial charge in [0, 0.05) is 26.0 Å². The number of amides is 1. The SMILES string of the molecule is CCOCCOCC1CC(C(=O)OC(C)(C)C)N([C@@H](C(=O)OC(C)(C)C)[C@@H](CC)C(=COC)NC(C)=O)C1. The van der Waals surface area contributed by atoms with Crippen molar-refractivity contribution in [1.29, 1.82) is 0 Å². The third-order valence-electron chi connectivity index (χ3n) is 5.83. The Morgan fingerprint density at radius 3 is 2.11 bits per heavy atom. The minimum absolute atomic E-state index is 0.0211. The highest BCUT2D eigenvalue weighted by Gasteiger charge is 2.48. The summed E-state index contributed by atoms with van der Waals surface area (Å²) in [4.78, 5) is 41.1. The van der Waals surface area contributed by atoms with Crippen LogP contribution in [0.2, 0.25) is 0 Å². The largest absolute Gasteiger partial charge is 0.503 e. The molecule has 220 valence electrons. The molecule has 0 aliphatic carbocycles. The van der Waals surface area contributed by atoms with Gasteiger partial charge in [0.2, 0.25) is 5.91 Å². The van der Waals surface area contributed by atoms with Gasteiger partial charge in [0.15, 0.2) is 0 Å². The topological polar surface area (TPSA) is 113 Å². The summed E-state index contributed by atoms with van der Waals surface area (Å²) in [5, 5.41) is 2.81. The molecule has 0 spiro atoms. The minimum Gasteiger partial charge on any atom is -0.503 e. The van der Waals surface area contributed by atoms with Crippen molar-refractivity contribution >= 4 is 17.8 Å². The number of methoxy groups -OCH3 is 1. The molecule has 10 nitrogen and oxygen atoms in total. The lowest BCUT2D eigenvalue weighted by molar-refractivity contribution is -0.169. The summed E-state index contributed by atoms with van der Waals surface area (Å²) in [5.41, 5.74) is -1.01. The molecule has 4 atom stereocenters. The summed E-state index contributed by atoms with van der Waals surface area (Å²) >= 11 is 0. The van der Waals surface area contributed by atoms with E-state index in [9.17, 15) is 14.4 Å². The molecule has 1 rings (SSSR count). The molecule has 1 heterocycles. The molecule has 1 amide bonds. The van der Waals surface area contributed by atoms with Gasteiger partial charge in [-0.15, -0.1) is 0 Å². The molecule has 0 saturated carbocycles. The molecule has 0 aromatic heterocycles. The lowest BCUT2D eigenvalue weighted by Crippen LogP contribution is -2.54. The Morgan fingerprint density at radius 1 is 1.00 bits per heavy atom. The van der Waals surface area contributed by atoms with Crippen LogP contribution in [0.3, 0.4) is 0 Å². The van der Waals surface area contributed by atoms with Crippen molar-refractivity contribution in [2.24, 2.45) is 11.8 Å². The highest BCUT2D eigenvalue weighted by Crippen LogP contribution is 2.34. The van der Waals surface area contributed by atoms with Crippen LogP contribution in [0, 0.1) is 11.8 Å². The molecule has 1 N–H and O–H groups in total. The number of hydrogen-bond acceptors (Lipinski definition) is 9. The minimum atomic E-state index is -0.876. The van der Waals surface area contributed by atoms with Crippen LogP contribution in [0.1, 0.15) is 75.2 Å². The zero-order valence-corrected chi connectivity index (χ0v) is 25.0. The molecular formula is C28H50N2O8. The monoisotopic (exact) mass is 542 g/mol. The summed E-state index contributed by atoms with van der Waals surface area (Å²) in [6.07, 6.45) is 2.37. The number of hydrogen-bond donors (Lipinski definition) is 1. The first-order chi connectivity index (χ1) is 17.6. The Morgan fingerprint density at radius 2 is 1.61 bits per heavy atom. The molecule has 1 aliphatic rings. The molecule has 0 bridgehead atoms. The number of nitrogens with zero attached hydrogens (tertiary/aromatic N) is 1. The average Bonchev–Trinajstić information content (AvgIpc) is 3.18. The number of esters is 2. The molecular weight excluding hydrogens is 492 g/mol. The fourth-order valence-corrected chi connectivity index (χ4v) is 4.54. The van der Waals surface area contributed by atoms with E-state index in [1.165, 1.54) is 20.3 Å². The van der Waals surface area contributed by atoms with Crippen molar-refractivity contribution in [1.82, 2.24) is 10.2 Å². The maximum atomic E-state index is 13.8. The fraction of sp³-hybridized carbons (Fsp3) is 0.821. The molecule has 38 heavy (non-hydrogen) atoms. The zero-order chi connectivity index (χ0) is 29.1. The Hall–Kier alpha value is -2.17. The second-order valence-electron chi connectivity index (χ2n) is 11.6. The van der Waals surface area contributed by atoms with Crippen molar-refractivity contribution in [3.05, 3.63) is 12.0 Å². The van der Waals surface area contributed by atoms with E-state index >= 15 is 0 Å². The lowest BCUT2D eigenvalue weighted by Gasteiger charge is -2.38. The van der Waals surface area contributed by atoms with Gasteiger partial charge < -0.3 is 29.0 Å². The quantitative estimate of drug-likeness (QED) is 0.200. The van der Waals surface area contributed by atoms with Gasteiger partial charge in [-0.3, -0.25) is 19.3 Å². The zero-order valence-electron chi connectivity index (χ0n) is 25.0. The maximum absolute atomic E-state index is 13.8. The Labute approximate surface area is 228 Å². The predicted molar refractivity (Wildman–Crippen MR) is 144 cm³/mol. The third kappa shape index (κ3) is 11.7. The first-order valence-corrected chi connectivity index (χ1v) is 13.5. The number of carbonyl (C=O) groups is 3. The van der Waals surface area contributed by atoms with Gasteiger partial charge in [-0.25, -0.2) is 0 Å². The van der Waals surface area contributed by atoms with Crippen LogP contribution in [0.5, 0.6) is 0 Å². The number of carbonyl (C=O) groups excluding carboxylic acids is 3. The molecule has 0 aromatic carbocycles. The maximum Gasteiger partial charge on any atom is 0.324 e. The van der Waals surface area contributed by atoms with E-state index in [2.05, 4.69) is 5.32 Å². The average molecular weight is 543 g/mol. The van der Waals surface area contributed by atoms with Crippen LogP contribution >= 0.6 is 0 Å². The molecule has 2 unspecified atom stereocenters. The van der Waals surface area contributed by atoms with Crippen molar-refractivity contribution in [3.63, 3.8) is 0 Å². The van der Waals surface area contributed by atoms with Gasteiger partial charge in [-0.1, -0.05) is 6.92 Å². The summed E-state index contributed by atoms with van der Waals surface area (Å²) in [6.45, 7) is 18.4. The van der Waals surface area contributed by atoms with Gasteiger partial charge in [-0.2, -0.15) is 0 Å². The van der Waals surface area contributed by atoms with Crippen LogP contribution in [0.15, 0.2) is 12.0 Å². The van der Waals surface area contributed by atoms with Crippen molar-refractivity contribution in [2.75, 3.05) is 40.1 Å². The van der Waals surface area contributed by atoms with Crippen LogP contribution in [-0.2, 0) is 38.1 Å². The van der Waals surface area contributed by atoms with Crippen LogP contribution < -0.4 is 5.32 Å². The van der Waals surface area contributed by atoms with E-state index in [4.69, 9.17) is 23.7 Å². The van der Waals surface area contributed by atoms with Crippen molar-refractivity contribution in [3.8, 4) is 0 Å².